The van der Waals surface area contributed by atoms with Crippen molar-refractivity contribution < 1.29 is 14.6 Å². The SMILES string of the molecule is CC1Cc2ccccc2N1[C@@H]1CCN(c2ccc(S(=O)(=O)Nc3nccs3)cc2)C1=O.[HH]. The summed E-state index contributed by atoms with van der Waals surface area (Å²) in [5.74, 6) is 0.0556. The van der Waals surface area contributed by atoms with E-state index in [4.69, 9.17) is 0 Å². The molecule has 0 spiro atoms. The molecule has 5 rings (SSSR count). The van der Waals surface area contributed by atoms with E-state index >= 15 is 0 Å². The molecule has 1 amide bonds. The van der Waals surface area contributed by atoms with Crippen LogP contribution in [0.3, 0.4) is 0 Å². The zero-order valence-electron chi connectivity index (χ0n) is 16.9. The van der Waals surface area contributed by atoms with Crippen LogP contribution in [0.4, 0.5) is 16.5 Å². The minimum Gasteiger partial charge on any atom is -0.356 e. The Kier molecular flexibility index (Phi) is 4.94. The fourth-order valence-corrected chi connectivity index (χ4v) is 6.29. The normalized spacial score (nSPS) is 20.9. The number of para-hydroxylation sites is 1. The van der Waals surface area contributed by atoms with Crippen molar-refractivity contribution in [2.45, 2.75) is 36.7 Å². The first-order valence-electron chi connectivity index (χ1n) is 10.1. The van der Waals surface area contributed by atoms with Crippen LogP contribution in [0.25, 0.3) is 0 Å². The first-order valence-corrected chi connectivity index (χ1v) is 12.5. The van der Waals surface area contributed by atoms with Gasteiger partial charge >= 0.3 is 0 Å². The lowest BCUT2D eigenvalue weighted by Crippen LogP contribution is -2.45. The van der Waals surface area contributed by atoms with E-state index in [-0.39, 0.29) is 24.3 Å². The van der Waals surface area contributed by atoms with Crippen LogP contribution in [0.15, 0.2) is 65.0 Å². The second-order valence-electron chi connectivity index (χ2n) is 7.82. The Balaban J connectivity index is 0.00000245. The van der Waals surface area contributed by atoms with E-state index in [0.29, 0.717) is 17.4 Å². The number of nitrogens with zero attached hydrogens (tertiary/aromatic N) is 3. The fraction of sp³-hybridized carbons (Fsp3) is 0.273. The van der Waals surface area contributed by atoms with Crippen molar-refractivity contribution in [2.75, 3.05) is 21.1 Å². The van der Waals surface area contributed by atoms with Crippen LogP contribution in [0.5, 0.6) is 0 Å². The Hall–Kier alpha value is -2.91. The van der Waals surface area contributed by atoms with E-state index < -0.39 is 10.0 Å². The molecule has 2 aliphatic heterocycles. The van der Waals surface area contributed by atoms with Crippen LogP contribution >= 0.6 is 11.3 Å². The average molecular weight is 457 g/mol. The van der Waals surface area contributed by atoms with Crippen molar-refractivity contribution in [1.29, 1.82) is 0 Å². The number of nitrogens with one attached hydrogen (secondary N) is 1. The molecule has 0 bridgehead atoms. The molecule has 2 aromatic carbocycles. The molecule has 2 aliphatic rings. The standard InChI is InChI=1S/C22H22N4O3S2.H2/c1-15-14-16-4-2-3-5-19(16)26(15)20-10-12-25(21(20)27)17-6-8-18(9-7-17)31(28,29)24-22-23-11-13-30-22;/h2-9,11,13,15,20H,10,12,14H2,1H3,(H,23,24);1H/t15?,20-;/m1./s1. The van der Waals surface area contributed by atoms with Crippen molar-refractivity contribution in [1.82, 2.24) is 4.98 Å². The summed E-state index contributed by atoms with van der Waals surface area (Å²) in [6.07, 6.45) is 3.22. The van der Waals surface area contributed by atoms with Crippen LogP contribution in [0.2, 0.25) is 0 Å². The summed E-state index contributed by atoms with van der Waals surface area (Å²) < 4.78 is 27.6. The van der Waals surface area contributed by atoms with E-state index in [0.717, 1.165) is 18.5 Å². The third kappa shape index (κ3) is 3.57. The molecule has 9 heteroatoms. The fourth-order valence-electron chi connectivity index (χ4n) is 4.50. The molecule has 0 radical (unpaired) electrons. The van der Waals surface area contributed by atoms with Crippen LogP contribution in [0, 0.1) is 0 Å². The highest BCUT2D eigenvalue weighted by molar-refractivity contribution is 7.93. The minimum atomic E-state index is -3.72. The second kappa shape index (κ2) is 7.65. The number of benzene rings is 2. The molecule has 1 saturated heterocycles. The van der Waals surface area contributed by atoms with Crippen molar-refractivity contribution in [3.8, 4) is 0 Å². The zero-order chi connectivity index (χ0) is 21.6. The molecule has 2 atom stereocenters. The topological polar surface area (TPSA) is 82.6 Å². The summed E-state index contributed by atoms with van der Waals surface area (Å²) in [6, 6.07) is 14.8. The largest absolute Gasteiger partial charge is 0.356 e. The second-order valence-corrected chi connectivity index (χ2v) is 10.4. The number of sulfonamides is 1. The summed E-state index contributed by atoms with van der Waals surface area (Å²) in [6.45, 7) is 2.77. The lowest BCUT2D eigenvalue weighted by Gasteiger charge is -2.30. The number of aromatic nitrogens is 1. The Bertz CT molecular complexity index is 1220. The maximum atomic E-state index is 13.3. The van der Waals surface area contributed by atoms with Gasteiger partial charge in [-0.15, -0.1) is 11.3 Å². The molecule has 0 saturated carbocycles. The van der Waals surface area contributed by atoms with Gasteiger partial charge < -0.3 is 9.80 Å². The van der Waals surface area contributed by atoms with Gasteiger partial charge in [-0.05, 0) is 55.7 Å². The molecule has 31 heavy (non-hydrogen) atoms. The van der Waals surface area contributed by atoms with Crippen molar-refractivity contribution in [3.63, 3.8) is 0 Å². The first-order chi connectivity index (χ1) is 14.9. The molecule has 0 aliphatic carbocycles. The summed E-state index contributed by atoms with van der Waals surface area (Å²) >= 11 is 1.22. The molecule has 1 fully saturated rings. The molecule has 3 heterocycles. The summed E-state index contributed by atoms with van der Waals surface area (Å²) in [5, 5.41) is 2.03. The van der Waals surface area contributed by atoms with Crippen LogP contribution < -0.4 is 14.5 Å². The highest BCUT2D eigenvalue weighted by Crippen LogP contribution is 2.37. The van der Waals surface area contributed by atoms with Crippen LogP contribution in [-0.4, -0.2) is 37.9 Å². The molecule has 3 aromatic rings. The number of thiazole rings is 1. The molecule has 7 nitrogen and oxygen atoms in total. The van der Waals surface area contributed by atoms with E-state index in [9.17, 15) is 13.2 Å². The van der Waals surface area contributed by atoms with Crippen molar-refractivity contribution >= 4 is 43.8 Å². The third-order valence-electron chi connectivity index (χ3n) is 5.89. The molecule has 162 valence electrons. The number of carbonyl (C=O) groups is 1. The predicted octanol–water partition coefficient (Wildman–Crippen LogP) is 3.75. The van der Waals surface area contributed by atoms with Crippen LogP contribution in [0.1, 0.15) is 20.3 Å². The highest BCUT2D eigenvalue weighted by Gasteiger charge is 2.41. The molecular weight excluding hydrogens is 432 g/mol. The molecule has 1 unspecified atom stereocenters. The monoisotopic (exact) mass is 456 g/mol. The smallest absolute Gasteiger partial charge is 0.263 e. The van der Waals surface area contributed by atoms with Gasteiger partial charge in [-0.2, -0.15) is 0 Å². The van der Waals surface area contributed by atoms with Gasteiger partial charge in [0.05, 0.1) is 4.90 Å². The summed E-state index contributed by atoms with van der Waals surface area (Å²) in [7, 11) is -3.72. The average Bonchev–Trinajstić information content (AvgIpc) is 3.46. The van der Waals surface area contributed by atoms with E-state index in [1.165, 1.54) is 29.0 Å². The maximum absolute atomic E-state index is 13.3. The van der Waals surface area contributed by atoms with Gasteiger partial charge in [0.1, 0.15) is 6.04 Å². The Morgan fingerprint density at radius 2 is 1.94 bits per heavy atom. The third-order valence-corrected chi connectivity index (χ3v) is 8.06. The van der Waals surface area contributed by atoms with Gasteiger partial charge in [0.15, 0.2) is 5.13 Å². The number of carbonyl (C=O) groups excluding carboxylic acids is 1. The van der Waals surface area contributed by atoms with Gasteiger partial charge in [0.25, 0.3) is 10.0 Å². The lowest BCUT2D eigenvalue weighted by molar-refractivity contribution is -0.118. The van der Waals surface area contributed by atoms with Crippen molar-refractivity contribution in [3.05, 3.63) is 65.7 Å². The van der Waals surface area contributed by atoms with E-state index in [1.807, 2.05) is 12.1 Å². The van der Waals surface area contributed by atoms with Gasteiger partial charge in [0, 0.05) is 37.0 Å². The highest BCUT2D eigenvalue weighted by atomic mass is 32.2. The number of hydrogen-bond donors (Lipinski definition) is 1. The van der Waals surface area contributed by atoms with E-state index in [2.05, 4.69) is 33.7 Å². The molecular formula is C22H24N4O3S2. The molecule has 1 N–H and O–H groups in total. The Labute approximate surface area is 186 Å². The number of amides is 1. The summed E-state index contributed by atoms with van der Waals surface area (Å²) in [4.78, 5) is 21.4. The minimum absolute atomic E-state index is 0. The van der Waals surface area contributed by atoms with Gasteiger partial charge in [-0.1, -0.05) is 18.2 Å². The quantitative estimate of drug-likeness (QED) is 0.632. The molecule has 1 aromatic heterocycles. The number of anilines is 3. The van der Waals surface area contributed by atoms with Gasteiger partial charge in [-0.25, -0.2) is 13.4 Å². The Morgan fingerprint density at radius 3 is 2.68 bits per heavy atom. The first kappa shape index (κ1) is 20.0. The van der Waals surface area contributed by atoms with Gasteiger partial charge in [-0.3, -0.25) is 9.52 Å². The summed E-state index contributed by atoms with van der Waals surface area (Å²) in [5.41, 5.74) is 3.13. The number of rotatable bonds is 5. The number of hydrogen-bond acceptors (Lipinski definition) is 6. The zero-order valence-corrected chi connectivity index (χ0v) is 18.6. The van der Waals surface area contributed by atoms with Crippen molar-refractivity contribution in [2.24, 2.45) is 0 Å². The maximum Gasteiger partial charge on any atom is 0.263 e. The predicted molar refractivity (Wildman–Crippen MR) is 124 cm³/mol. The Morgan fingerprint density at radius 1 is 1.16 bits per heavy atom. The van der Waals surface area contributed by atoms with Gasteiger partial charge in [0.2, 0.25) is 5.91 Å². The van der Waals surface area contributed by atoms with Crippen LogP contribution in [-0.2, 0) is 21.2 Å². The lowest BCUT2D eigenvalue weighted by atomic mass is 10.1. The van der Waals surface area contributed by atoms with E-state index in [1.54, 1.807) is 28.6 Å². The number of fused-ring (bicyclic) bond motifs is 1.